The van der Waals surface area contributed by atoms with Gasteiger partial charge in [-0.3, -0.25) is 0 Å². The lowest BCUT2D eigenvalue weighted by Gasteiger charge is -2.36. The molecule has 0 saturated heterocycles. The number of anilines is 1. The number of benzene rings is 3. The Morgan fingerprint density at radius 2 is 1.87 bits per heavy atom. The molecule has 1 aliphatic rings. The first-order valence-corrected chi connectivity index (χ1v) is 10.6. The zero-order valence-corrected chi connectivity index (χ0v) is 17.6. The van der Waals surface area contributed by atoms with Crippen molar-refractivity contribution in [2.75, 3.05) is 11.9 Å². The molecule has 2 heterocycles. The number of para-hydroxylation sites is 1. The lowest BCUT2D eigenvalue weighted by molar-refractivity contribution is 0.192. The van der Waals surface area contributed by atoms with Crippen LogP contribution >= 0.6 is 15.9 Å². The average molecular weight is 464 g/mol. The number of aromatic nitrogens is 1. The van der Waals surface area contributed by atoms with Gasteiger partial charge in [-0.1, -0.05) is 58.4 Å². The Morgan fingerprint density at radius 3 is 2.70 bits per heavy atom. The fraction of sp³-hybridized carbons (Fsp3) is 0.125. The Kier molecular flexibility index (Phi) is 4.79. The van der Waals surface area contributed by atoms with Crippen LogP contribution in [0, 0.1) is 5.82 Å². The summed E-state index contributed by atoms with van der Waals surface area (Å²) in [5.74, 6) is -0.325. The molecule has 1 aliphatic heterocycles. The highest BCUT2D eigenvalue weighted by Crippen LogP contribution is 2.39. The summed E-state index contributed by atoms with van der Waals surface area (Å²) in [4.78, 5) is 18.4. The number of fused-ring (bicyclic) bond motifs is 3. The van der Waals surface area contributed by atoms with E-state index in [2.05, 4.69) is 32.3 Å². The maximum atomic E-state index is 14.9. The lowest BCUT2D eigenvalue weighted by atomic mass is 9.92. The molecule has 6 heteroatoms. The Balaban J connectivity index is 1.60. The topological polar surface area (TPSA) is 48.1 Å². The first-order valence-electron chi connectivity index (χ1n) is 9.79. The maximum absolute atomic E-state index is 14.9. The van der Waals surface area contributed by atoms with Gasteiger partial charge in [0.2, 0.25) is 0 Å². The Morgan fingerprint density at radius 1 is 1.07 bits per heavy atom. The van der Waals surface area contributed by atoms with Gasteiger partial charge in [0.25, 0.3) is 0 Å². The number of aromatic amines is 1. The number of amides is 2. The van der Waals surface area contributed by atoms with Crippen molar-refractivity contribution in [3.8, 4) is 0 Å². The minimum Gasteiger partial charge on any atom is -0.356 e. The lowest BCUT2D eigenvalue weighted by Crippen LogP contribution is -2.43. The van der Waals surface area contributed by atoms with Gasteiger partial charge in [-0.15, -0.1) is 0 Å². The van der Waals surface area contributed by atoms with Crippen molar-refractivity contribution in [2.45, 2.75) is 12.5 Å². The maximum Gasteiger partial charge on any atom is 0.322 e. The third kappa shape index (κ3) is 3.27. The van der Waals surface area contributed by atoms with Crippen LogP contribution in [-0.2, 0) is 6.42 Å². The van der Waals surface area contributed by atoms with Crippen LogP contribution in [0.25, 0.3) is 10.9 Å². The highest BCUT2D eigenvalue weighted by atomic mass is 79.9. The van der Waals surface area contributed by atoms with E-state index in [1.54, 1.807) is 23.1 Å². The predicted octanol–water partition coefficient (Wildman–Crippen LogP) is 6.25. The van der Waals surface area contributed by atoms with E-state index in [4.69, 9.17) is 0 Å². The average Bonchev–Trinajstić information content (AvgIpc) is 3.12. The SMILES string of the molecule is O=C(Nc1cccc(Br)c1)N1CCc2c([nH]c3ccccc23)[C@H]1c1ccccc1F. The first-order chi connectivity index (χ1) is 14.6. The van der Waals surface area contributed by atoms with Crippen LogP contribution in [0.4, 0.5) is 14.9 Å². The van der Waals surface area contributed by atoms with Crippen molar-refractivity contribution in [1.82, 2.24) is 9.88 Å². The summed E-state index contributed by atoms with van der Waals surface area (Å²) in [5.41, 5.74) is 4.18. The molecule has 2 amide bonds. The highest BCUT2D eigenvalue weighted by Gasteiger charge is 2.35. The van der Waals surface area contributed by atoms with Crippen LogP contribution < -0.4 is 5.32 Å². The van der Waals surface area contributed by atoms with Crippen molar-refractivity contribution in [3.63, 3.8) is 0 Å². The summed E-state index contributed by atoms with van der Waals surface area (Å²) in [7, 11) is 0. The fourth-order valence-corrected chi connectivity index (χ4v) is 4.64. The molecule has 30 heavy (non-hydrogen) atoms. The molecule has 5 rings (SSSR count). The van der Waals surface area contributed by atoms with Crippen molar-refractivity contribution < 1.29 is 9.18 Å². The predicted molar refractivity (Wildman–Crippen MR) is 120 cm³/mol. The molecule has 1 atom stereocenters. The normalized spacial score (nSPS) is 15.8. The van der Waals surface area contributed by atoms with Crippen LogP contribution in [0.1, 0.15) is 22.9 Å². The molecular weight excluding hydrogens is 445 g/mol. The van der Waals surface area contributed by atoms with E-state index in [1.165, 1.54) is 6.07 Å². The molecule has 1 aromatic heterocycles. The van der Waals surface area contributed by atoms with E-state index in [0.717, 1.165) is 26.6 Å². The van der Waals surface area contributed by atoms with Crippen LogP contribution in [0.15, 0.2) is 77.3 Å². The fourth-order valence-electron chi connectivity index (χ4n) is 4.24. The van der Waals surface area contributed by atoms with Crippen molar-refractivity contribution >= 4 is 38.6 Å². The van der Waals surface area contributed by atoms with E-state index >= 15 is 0 Å². The van der Waals surface area contributed by atoms with Crippen molar-refractivity contribution in [1.29, 1.82) is 0 Å². The second-order valence-electron chi connectivity index (χ2n) is 7.37. The second-order valence-corrected chi connectivity index (χ2v) is 8.29. The third-order valence-electron chi connectivity index (χ3n) is 5.57. The van der Waals surface area contributed by atoms with Crippen LogP contribution in [-0.4, -0.2) is 22.5 Å². The number of H-pyrrole nitrogens is 1. The standard InChI is InChI=1S/C24H19BrFN3O/c25-15-6-5-7-16(14-15)27-24(30)29-13-12-18-17-8-2-4-11-21(17)28-22(18)23(29)19-9-1-3-10-20(19)26/h1-11,14,23,28H,12-13H2,(H,27,30)/t23-/m1/s1. The summed E-state index contributed by atoms with van der Waals surface area (Å²) in [6.45, 7) is 0.494. The van der Waals surface area contributed by atoms with E-state index < -0.39 is 6.04 Å². The number of carbonyl (C=O) groups is 1. The minimum atomic E-state index is -0.533. The van der Waals surface area contributed by atoms with Gasteiger partial charge in [0.05, 0.1) is 0 Å². The molecule has 4 nitrogen and oxygen atoms in total. The number of carbonyl (C=O) groups excluding carboxylic acids is 1. The Bertz CT molecular complexity index is 1250. The Hall–Kier alpha value is -3.12. The quantitative estimate of drug-likeness (QED) is 0.362. The van der Waals surface area contributed by atoms with Gasteiger partial charge in [0, 0.05) is 38.9 Å². The smallest absolute Gasteiger partial charge is 0.322 e. The molecule has 0 aliphatic carbocycles. The summed E-state index contributed by atoms with van der Waals surface area (Å²) in [6, 6.07) is 21.4. The van der Waals surface area contributed by atoms with Gasteiger partial charge < -0.3 is 15.2 Å². The number of hydrogen-bond acceptors (Lipinski definition) is 1. The van der Waals surface area contributed by atoms with Crippen LogP contribution in [0.3, 0.4) is 0 Å². The van der Waals surface area contributed by atoms with Gasteiger partial charge in [-0.05, 0) is 42.3 Å². The second kappa shape index (κ2) is 7.61. The minimum absolute atomic E-state index is 0.259. The van der Waals surface area contributed by atoms with Crippen LogP contribution in [0.5, 0.6) is 0 Å². The molecule has 4 aromatic rings. The summed E-state index contributed by atoms with van der Waals surface area (Å²) in [5, 5.41) is 4.08. The molecule has 0 unspecified atom stereocenters. The van der Waals surface area contributed by atoms with E-state index in [1.807, 2.05) is 42.5 Å². The van der Waals surface area contributed by atoms with Gasteiger partial charge in [-0.2, -0.15) is 0 Å². The van der Waals surface area contributed by atoms with Gasteiger partial charge in [-0.25, -0.2) is 9.18 Å². The van der Waals surface area contributed by atoms with Crippen molar-refractivity contribution in [3.05, 3.63) is 99.9 Å². The molecule has 0 saturated carbocycles. The number of hydrogen-bond donors (Lipinski definition) is 2. The number of nitrogens with zero attached hydrogens (tertiary/aromatic N) is 1. The molecule has 0 radical (unpaired) electrons. The highest BCUT2D eigenvalue weighted by molar-refractivity contribution is 9.10. The molecule has 0 bridgehead atoms. The zero-order valence-electron chi connectivity index (χ0n) is 16.0. The summed E-state index contributed by atoms with van der Waals surface area (Å²) in [6.07, 6.45) is 0.705. The summed E-state index contributed by atoms with van der Waals surface area (Å²) < 4.78 is 15.7. The number of rotatable bonds is 2. The van der Waals surface area contributed by atoms with Gasteiger partial charge in [0.1, 0.15) is 11.9 Å². The summed E-state index contributed by atoms with van der Waals surface area (Å²) >= 11 is 3.43. The monoisotopic (exact) mass is 463 g/mol. The van der Waals surface area contributed by atoms with E-state index in [-0.39, 0.29) is 11.8 Å². The largest absolute Gasteiger partial charge is 0.356 e. The third-order valence-corrected chi connectivity index (χ3v) is 6.06. The first kappa shape index (κ1) is 18.9. The molecular formula is C24H19BrFN3O. The number of halogens is 2. The van der Waals surface area contributed by atoms with Crippen molar-refractivity contribution in [2.24, 2.45) is 0 Å². The Labute approximate surface area is 181 Å². The molecule has 3 aromatic carbocycles. The number of urea groups is 1. The van der Waals surface area contributed by atoms with Crippen LogP contribution in [0.2, 0.25) is 0 Å². The van der Waals surface area contributed by atoms with E-state index in [0.29, 0.717) is 24.2 Å². The molecule has 2 N–H and O–H groups in total. The molecule has 0 spiro atoms. The zero-order chi connectivity index (χ0) is 20.7. The van der Waals surface area contributed by atoms with Gasteiger partial charge in [0.15, 0.2) is 0 Å². The molecule has 150 valence electrons. The molecule has 0 fully saturated rings. The van der Waals surface area contributed by atoms with E-state index in [9.17, 15) is 9.18 Å². The van der Waals surface area contributed by atoms with Gasteiger partial charge >= 0.3 is 6.03 Å². The number of nitrogens with one attached hydrogen (secondary N) is 2.